The maximum atomic E-state index is 13.0. The van der Waals surface area contributed by atoms with Gasteiger partial charge >= 0.3 is 0 Å². The van der Waals surface area contributed by atoms with E-state index in [1.165, 1.54) is 5.56 Å². The number of aryl methyl sites for hydroxylation is 1. The second kappa shape index (κ2) is 9.15. The number of amides is 1. The SMILES string of the molecule is CCCN(Cc1ccccc1C)C(=O)c1cc(CN2CCC(O)CC2)on1. The average molecular weight is 371 g/mol. The Bertz CT molecular complexity index is 751. The Labute approximate surface area is 160 Å². The number of rotatable bonds is 7. The van der Waals surface area contributed by atoms with Crippen molar-refractivity contribution in [3.05, 3.63) is 52.9 Å². The molecular formula is C21H29N3O3. The highest BCUT2D eigenvalue weighted by atomic mass is 16.5. The van der Waals surface area contributed by atoms with Crippen LogP contribution in [0.1, 0.15) is 53.6 Å². The molecule has 146 valence electrons. The number of hydrogen-bond donors (Lipinski definition) is 1. The lowest BCUT2D eigenvalue weighted by Gasteiger charge is -2.28. The lowest BCUT2D eigenvalue weighted by Crippen LogP contribution is -2.35. The fourth-order valence-corrected chi connectivity index (χ4v) is 3.46. The number of carbonyl (C=O) groups excluding carboxylic acids is 1. The number of likely N-dealkylation sites (tertiary alicyclic amines) is 1. The second-order valence-corrected chi connectivity index (χ2v) is 7.34. The number of piperidine rings is 1. The third kappa shape index (κ3) is 5.17. The molecule has 27 heavy (non-hydrogen) atoms. The van der Waals surface area contributed by atoms with Crippen molar-refractivity contribution >= 4 is 5.91 Å². The van der Waals surface area contributed by atoms with E-state index >= 15 is 0 Å². The molecule has 1 N–H and O–H groups in total. The lowest BCUT2D eigenvalue weighted by molar-refractivity contribution is 0.0724. The molecule has 1 fully saturated rings. The van der Waals surface area contributed by atoms with Crippen molar-refractivity contribution in [2.75, 3.05) is 19.6 Å². The quantitative estimate of drug-likeness (QED) is 0.810. The smallest absolute Gasteiger partial charge is 0.276 e. The Balaban J connectivity index is 1.65. The highest BCUT2D eigenvalue weighted by Crippen LogP contribution is 2.17. The van der Waals surface area contributed by atoms with Crippen molar-refractivity contribution in [1.29, 1.82) is 0 Å². The summed E-state index contributed by atoms with van der Waals surface area (Å²) in [4.78, 5) is 17.0. The van der Waals surface area contributed by atoms with E-state index in [9.17, 15) is 9.90 Å². The predicted molar refractivity (Wildman–Crippen MR) is 103 cm³/mol. The molecule has 1 aromatic heterocycles. The first-order valence-corrected chi connectivity index (χ1v) is 9.76. The number of carbonyl (C=O) groups is 1. The minimum absolute atomic E-state index is 0.0934. The van der Waals surface area contributed by atoms with E-state index in [0.29, 0.717) is 31.1 Å². The first kappa shape index (κ1) is 19.6. The van der Waals surface area contributed by atoms with Crippen molar-refractivity contribution in [3.8, 4) is 0 Å². The van der Waals surface area contributed by atoms with Crippen LogP contribution < -0.4 is 0 Å². The molecule has 1 amide bonds. The molecular weight excluding hydrogens is 342 g/mol. The van der Waals surface area contributed by atoms with Crippen molar-refractivity contribution in [1.82, 2.24) is 15.0 Å². The topological polar surface area (TPSA) is 69.8 Å². The molecule has 3 rings (SSSR count). The zero-order chi connectivity index (χ0) is 19.2. The van der Waals surface area contributed by atoms with Crippen molar-refractivity contribution in [2.45, 2.75) is 52.3 Å². The summed E-state index contributed by atoms with van der Waals surface area (Å²) in [5.74, 6) is 0.603. The molecule has 0 unspecified atom stereocenters. The van der Waals surface area contributed by atoms with Gasteiger partial charge in [0.1, 0.15) is 0 Å². The molecule has 2 heterocycles. The van der Waals surface area contributed by atoms with Crippen LogP contribution in [0, 0.1) is 6.92 Å². The standard InChI is InChI=1S/C21H29N3O3/c1-3-10-24(14-17-7-5-4-6-16(17)2)21(26)20-13-19(27-22-20)15-23-11-8-18(25)9-12-23/h4-7,13,18,25H,3,8-12,14-15H2,1-2H3. The molecule has 0 aliphatic carbocycles. The summed E-state index contributed by atoms with van der Waals surface area (Å²) >= 11 is 0. The summed E-state index contributed by atoms with van der Waals surface area (Å²) in [6.07, 6.45) is 2.25. The third-order valence-corrected chi connectivity index (χ3v) is 5.12. The zero-order valence-electron chi connectivity index (χ0n) is 16.2. The molecule has 0 atom stereocenters. The second-order valence-electron chi connectivity index (χ2n) is 7.34. The molecule has 1 aromatic carbocycles. The Morgan fingerprint density at radius 2 is 2.07 bits per heavy atom. The minimum Gasteiger partial charge on any atom is -0.393 e. The first-order chi connectivity index (χ1) is 13.1. The number of aliphatic hydroxyl groups is 1. The maximum absolute atomic E-state index is 13.0. The third-order valence-electron chi connectivity index (χ3n) is 5.12. The number of hydrogen-bond acceptors (Lipinski definition) is 5. The summed E-state index contributed by atoms with van der Waals surface area (Å²) in [6, 6.07) is 9.89. The summed E-state index contributed by atoms with van der Waals surface area (Å²) in [6.45, 7) is 7.68. The van der Waals surface area contributed by atoms with E-state index in [1.54, 1.807) is 6.07 Å². The number of aromatic nitrogens is 1. The van der Waals surface area contributed by atoms with Crippen LogP contribution in [0.25, 0.3) is 0 Å². The van der Waals surface area contributed by atoms with E-state index < -0.39 is 0 Å². The normalized spacial score (nSPS) is 15.8. The van der Waals surface area contributed by atoms with Crippen LogP contribution in [0.5, 0.6) is 0 Å². The van der Waals surface area contributed by atoms with E-state index in [-0.39, 0.29) is 12.0 Å². The van der Waals surface area contributed by atoms with Crippen LogP contribution in [-0.4, -0.2) is 51.7 Å². The van der Waals surface area contributed by atoms with Gasteiger partial charge in [0.15, 0.2) is 11.5 Å². The van der Waals surface area contributed by atoms with Gasteiger partial charge in [-0.05, 0) is 37.3 Å². The van der Waals surface area contributed by atoms with Gasteiger partial charge in [0.25, 0.3) is 5.91 Å². The Hall–Kier alpha value is -2.18. The molecule has 6 heteroatoms. The summed E-state index contributed by atoms with van der Waals surface area (Å²) in [7, 11) is 0. The highest BCUT2D eigenvalue weighted by Gasteiger charge is 2.22. The highest BCUT2D eigenvalue weighted by molar-refractivity contribution is 5.92. The summed E-state index contributed by atoms with van der Waals surface area (Å²) < 4.78 is 5.42. The van der Waals surface area contributed by atoms with Crippen molar-refractivity contribution in [2.24, 2.45) is 0 Å². The van der Waals surface area contributed by atoms with E-state index in [2.05, 4.69) is 36.0 Å². The largest absolute Gasteiger partial charge is 0.393 e. The van der Waals surface area contributed by atoms with Crippen molar-refractivity contribution in [3.63, 3.8) is 0 Å². The molecule has 0 spiro atoms. The Kier molecular flexibility index (Phi) is 6.63. The molecule has 1 aliphatic rings. The Morgan fingerprint density at radius 3 is 2.78 bits per heavy atom. The van der Waals surface area contributed by atoms with Crippen LogP contribution in [0.3, 0.4) is 0 Å². The Morgan fingerprint density at radius 1 is 1.33 bits per heavy atom. The maximum Gasteiger partial charge on any atom is 0.276 e. The van der Waals surface area contributed by atoms with Crippen LogP contribution in [0.15, 0.2) is 34.9 Å². The van der Waals surface area contributed by atoms with Crippen LogP contribution in [0.2, 0.25) is 0 Å². The van der Waals surface area contributed by atoms with Gasteiger partial charge in [0, 0.05) is 32.2 Å². The average Bonchev–Trinajstić information content (AvgIpc) is 3.13. The van der Waals surface area contributed by atoms with Gasteiger partial charge < -0.3 is 14.5 Å². The van der Waals surface area contributed by atoms with Crippen molar-refractivity contribution < 1.29 is 14.4 Å². The monoisotopic (exact) mass is 371 g/mol. The first-order valence-electron chi connectivity index (χ1n) is 9.76. The molecule has 1 saturated heterocycles. The fourth-order valence-electron chi connectivity index (χ4n) is 3.46. The van der Waals surface area contributed by atoms with Crippen LogP contribution in [0.4, 0.5) is 0 Å². The summed E-state index contributed by atoms with van der Waals surface area (Å²) in [5, 5.41) is 13.6. The number of aliphatic hydroxyl groups excluding tert-OH is 1. The zero-order valence-corrected chi connectivity index (χ0v) is 16.2. The van der Waals surface area contributed by atoms with Gasteiger partial charge in [-0.25, -0.2) is 0 Å². The van der Waals surface area contributed by atoms with Gasteiger partial charge in [-0.1, -0.05) is 36.3 Å². The van der Waals surface area contributed by atoms with Gasteiger partial charge in [-0.3, -0.25) is 9.69 Å². The predicted octanol–water partition coefficient (Wildman–Crippen LogP) is 2.99. The van der Waals surface area contributed by atoms with Gasteiger partial charge in [-0.2, -0.15) is 0 Å². The minimum atomic E-state index is -0.197. The molecule has 0 saturated carbocycles. The molecule has 2 aromatic rings. The van der Waals surface area contributed by atoms with Gasteiger partial charge in [0.05, 0.1) is 12.6 Å². The molecule has 0 radical (unpaired) electrons. The van der Waals surface area contributed by atoms with Crippen LogP contribution in [-0.2, 0) is 13.1 Å². The summed E-state index contributed by atoms with van der Waals surface area (Å²) in [5.41, 5.74) is 2.69. The molecule has 6 nitrogen and oxygen atoms in total. The van der Waals surface area contributed by atoms with E-state index in [0.717, 1.165) is 37.9 Å². The van der Waals surface area contributed by atoms with Gasteiger partial charge in [0.2, 0.25) is 0 Å². The van der Waals surface area contributed by atoms with E-state index in [1.807, 2.05) is 17.0 Å². The van der Waals surface area contributed by atoms with E-state index in [4.69, 9.17) is 4.52 Å². The number of benzene rings is 1. The lowest BCUT2D eigenvalue weighted by atomic mass is 10.1. The van der Waals surface area contributed by atoms with Gasteiger partial charge in [-0.15, -0.1) is 0 Å². The fraction of sp³-hybridized carbons (Fsp3) is 0.524. The molecule has 1 aliphatic heterocycles. The molecule has 0 bridgehead atoms. The van der Waals surface area contributed by atoms with Crippen LogP contribution >= 0.6 is 0 Å². The number of nitrogens with zero attached hydrogens (tertiary/aromatic N) is 3.